The van der Waals surface area contributed by atoms with E-state index in [9.17, 15) is 0 Å². The van der Waals surface area contributed by atoms with Gasteiger partial charge in [-0.05, 0) is 136 Å². The van der Waals surface area contributed by atoms with E-state index < -0.39 is 0 Å². The van der Waals surface area contributed by atoms with E-state index >= 15 is 0 Å². The van der Waals surface area contributed by atoms with Gasteiger partial charge in [-0.1, -0.05) is 32.0 Å². The summed E-state index contributed by atoms with van der Waals surface area (Å²) in [4.78, 5) is 8.69. The summed E-state index contributed by atoms with van der Waals surface area (Å²) in [6.45, 7) is 10.2. The summed E-state index contributed by atoms with van der Waals surface area (Å²) < 4.78 is 0. The van der Waals surface area contributed by atoms with Crippen LogP contribution in [0.2, 0.25) is 0 Å². The number of anilines is 1. The molecule has 0 amide bonds. The van der Waals surface area contributed by atoms with Crippen molar-refractivity contribution in [3.63, 3.8) is 0 Å². The molecule has 5 nitrogen and oxygen atoms in total. The van der Waals surface area contributed by atoms with Crippen LogP contribution in [-0.2, 0) is 20.1 Å². The molecule has 2 saturated carbocycles. The molecule has 6 heteroatoms. The van der Waals surface area contributed by atoms with Gasteiger partial charge in [0.25, 0.3) is 0 Å². The van der Waals surface area contributed by atoms with Crippen molar-refractivity contribution in [1.82, 2.24) is 9.88 Å². The molecule has 3 aliphatic rings. The van der Waals surface area contributed by atoms with Gasteiger partial charge in [0.2, 0.25) is 0 Å². The molecular formula is C43H54IrN3O2. The van der Waals surface area contributed by atoms with Gasteiger partial charge >= 0.3 is 20.1 Å². The van der Waals surface area contributed by atoms with Crippen molar-refractivity contribution in [2.75, 3.05) is 11.9 Å². The first kappa shape index (κ1) is 38.8. The van der Waals surface area contributed by atoms with Crippen molar-refractivity contribution in [3.8, 4) is 11.3 Å². The van der Waals surface area contributed by atoms with Crippen LogP contribution in [-0.4, -0.2) is 39.4 Å². The van der Waals surface area contributed by atoms with Crippen LogP contribution in [0.15, 0.2) is 91.4 Å². The number of nitrogens with zero attached hydrogens (tertiary/aromatic N) is 3. The Hall–Kier alpha value is -3.02. The predicted octanol–water partition coefficient (Wildman–Crippen LogP) is 9.91. The van der Waals surface area contributed by atoms with E-state index in [2.05, 4.69) is 67.4 Å². The summed E-state index contributed by atoms with van der Waals surface area (Å²) in [6, 6.07) is 31.8. The summed E-state index contributed by atoms with van der Waals surface area (Å²) in [6.07, 6.45) is 17.0. The SMILES string of the molecule is CC(O)CC(C)O.CC1(C)CCC2(CCC(c3ccc4c(-c5[c-]cccc5)nccc4c3)CC2)CC1.CN1C=CN(c2[c-]cccc2)[CH-]1.[Ir+3]. The Kier molecular flexibility index (Phi) is 14.1. The smallest absolute Gasteiger partial charge is 0.510 e. The third-order valence-electron chi connectivity index (χ3n) is 10.4. The number of rotatable bonds is 5. The van der Waals surface area contributed by atoms with Crippen LogP contribution in [0, 0.1) is 29.6 Å². The largest absolute Gasteiger partial charge is 3.00 e. The molecule has 262 valence electrons. The summed E-state index contributed by atoms with van der Waals surface area (Å²) >= 11 is 0. The zero-order valence-electron chi connectivity index (χ0n) is 29.9. The molecule has 2 N–H and O–H groups in total. The summed E-state index contributed by atoms with van der Waals surface area (Å²) in [5, 5.41) is 19.7. The minimum Gasteiger partial charge on any atom is -0.510 e. The monoisotopic (exact) mass is 837 g/mol. The molecule has 2 unspecified atom stereocenters. The Morgan fingerprint density at radius 1 is 0.857 bits per heavy atom. The number of hydrogen-bond acceptors (Lipinski definition) is 5. The number of pyridine rings is 1. The maximum atomic E-state index is 8.56. The molecule has 0 radical (unpaired) electrons. The molecule has 2 atom stereocenters. The van der Waals surface area contributed by atoms with Gasteiger partial charge in [-0.3, -0.25) is 0 Å². The van der Waals surface area contributed by atoms with E-state index in [1.165, 1.54) is 67.7 Å². The number of benzene rings is 3. The molecule has 2 fully saturated rings. The summed E-state index contributed by atoms with van der Waals surface area (Å²) in [5.41, 5.74) is 5.94. The molecule has 4 aromatic rings. The predicted molar refractivity (Wildman–Crippen MR) is 199 cm³/mol. The van der Waals surface area contributed by atoms with E-state index in [0.29, 0.717) is 17.3 Å². The average Bonchev–Trinajstić information content (AvgIpc) is 3.53. The number of aliphatic hydroxyl groups excluding tert-OH is 2. The second-order valence-corrected chi connectivity index (χ2v) is 15.0. The van der Waals surface area contributed by atoms with Crippen molar-refractivity contribution in [3.05, 3.63) is 116 Å². The van der Waals surface area contributed by atoms with Crippen molar-refractivity contribution in [1.29, 1.82) is 0 Å². The van der Waals surface area contributed by atoms with E-state index in [4.69, 9.17) is 10.2 Å². The van der Waals surface area contributed by atoms with Crippen LogP contribution in [0.5, 0.6) is 0 Å². The molecule has 1 spiro atoms. The Bertz CT molecular complexity index is 1580. The fourth-order valence-corrected chi connectivity index (χ4v) is 7.36. The fourth-order valence-electron chi connectivity index (χ4n) is 7.36. The van der Waals surface area contributed by atoms with E-state index in [1.807, 2.05) is 78.5 Å². The molecular weight excluding hydrogens is 783 g/mol. The summed E-state index contributed by atoms with van der Waals surface area (Å²) in [7, 11) is 2.00. The van der Waals surface area contributed by atoms with Crippen molar-refractivity contribution < 1.29 is 30.3 Å². The summed E-state index contributed by atoms with van der Waals surface area (Å²) in [5.74, 6) is 0.722. The topological polar surface area (TPSA) is 59.8 Å². The number of para-hydroxylation sites is 1. The van der Waals surface area contributed by atoms with Gasteiger partial charge in [-0.2, -0.15) is 37.0 Å². The normalized spacial score (nSPS) is 19.2. The van der Waals surface area contributed by atoms with Crippen LogP contribution in [0.1, 0.15) is 97.0 Å². The Balaban J connectivity index is 0.000000223. The first-order valence-corrected chi connectivity index (χ1v) is 17.7. The third kappa shape index (κ3) is 11.0. The average molecular weight is 837 g/mol. The standard InChI is InChI=1S/C28H32N.C10H10N2.C5H12O2.Ir/c1-27(2)15-17-28(18-16-27)13-10-21(11-14-28)23-8-9-25-24(20-23)12-19-29-26(25)22-6-4-3-5-7-22;1-11-7-8-12(9-11)10-5-3-2-4-6-10;1-4(6)3-5(2)7;/h3-6,8-9,12,19-21H,10-11,13-18H2,1-2H3;2-5,7-9H,1H3;4-7H,3H2,1-2H3;/q-1;-2;;+3. The van der Waals surface area contributed by atoms with Crippen LogP contribution >= 0.6 is 0 Å². The Labute approximate surface area is 308 Å². The second-order valence-electron chi connectivity index (χ2n) is 15.0. The second kappa shape index (κ2) is 17.8. The van der Waals surface area contributed by atoms with E-state index in [-0.39, 0.29) is 32.3 Å². The molecule has 3 aromatic carbocycles. The minimum atomic E-state index is -0.375. The number of fused-ring (bicyclic) bond motifs is 1. The fraction of sp³-hybridized carbons (Fsp3) is 0.442. The van der Waals surface area contributed by atoms with Gasteiger partial charge in [0.15, 0.2) is 0 Å². The molecule has 0 saturated heterocycles. The molecule has 2 aliphatic carbocycles. The Morgan fingerprint density at radius 2 is 1.53 bits per heavy atom. The van der Waals surface area contributed by atoms with E-state index in [1.54, 1.807) is 13.8 Å². The van der Waals surface area contributed by atoms with Gasteiger partial charge in [0.05, 0.1) is 12.2 Å². The molecule has 1 aromatic heterocycles. The first-order chi connectivity index (χ1) is 23.0. The number of aromatic nitrogens is 1. The van der Waals surface area contributed by atoms with Crippen LogP contribution < -0.4 is 4.90 Å². The molecule has 2 heterocycles. The van der Waals surface area contributed by atoms with Crippen molar-refractivity contribution in [2.45, 2.75) is 104 Å². The zero-order valence-corrected chi connectivity index (χ0v) is 32.3. The quantitative estimate of drug-likeness (QED) is 0.196. The molecule has 7 rings (SSSR count). The van der Waals surface area contributed by atoms with Gasteiger partial charge in [0.1, 0.15) is 0 Å². The maximum absolute atomic E-state index is 8.56. The van der Waals surface area contributed by atoms with Crippen LogP contribution in [0.25, 0.3) is 22.0 Å². The van der Waals surface area contributed by atoms with Gasteiger partial charge in [-0.25, -0.2) is 0 Å². The molecule has 49 heavy (non-hydrogen) atoms. The zero-order chi connectivity index (χ0) is 34.1. The maximum Gasteiger partial charge on any atom is 3.00 e. The molecule has 0 bridgehead atoms. The molecule has 1 aliphatic heterocycles. The van der Waals surface area contributed by atoms with Crippen LogP contribution in [0.3, 0.4) is 0 Å². The number of aliphatic hydroxyl groups is 2. The minimum absolute atomic E-state index is 0. The Morgan fingerprint density at radius 3 is 2.08 bits per heavy atom. The number of hydrogen-bond donors (Lipinski definition) is 2. The van der Waals surface area contributed by atoms with Gasteiger partial charge < -0.3 is 25.0 Å². The van der Waals surface area contributed by atoms with Crippen LogP contribution in [0.4, 0.5) is 5.69 Å². The van der Waals surface area contributed by atoms with Gasteiger partial charge in [0, 0.05) is 6.20 Å². The third-order valence-corrected chi connectivity index (χ3v) is 10.4. The van der Waals surface area contributed by atoms with Crippen molar-refractivity contribution in [2.24, 2.45) is 10.8 Å². The van der Waals surface area contributed by atoms with E-state index in [0.717, 1.165) is 22.9 Å². The first-order valence-electron chi connectivity index (χ1n) is 17.7. The van der Waals surface area contributed by atoms with Crippen molar-refractivity contribution >= 4 is 16.5 Å². The van der Waals surface area contributed by atoms with Gasteiger partial charge in [-0.15, -0.1) is 41.6 Å².